The average molecular weight is 317 g/mol. The molecule has 2 unspecified atom stereocenters. The van der Waals surface area contributed by atoms with Crippen LogP contribution in [0.3, 0.4) is 0 Å². The van der Waals surface area contributed by atoms with E-state index in [9.17, 15) is 8.42 Å². The van der Waals surface area contributed by atoms with Crippen LogP contribution in [0.4, 0.5) is 5.69 Å². The minimum atomic E-state index is -2.91. The molecule has 0 aliphatic carbocycles. The summed E-state index contributed by atoms with van der Waals surface area (Å²) in [6, 6.07) is 6.17. The summed E-state index contributed by atoms with van der Waals surface area (Å²) in [5.41, 5.74) is 2.04. The maximum atomic E-state index is 11.6. The molecule has 1 aliphatic heterocycles. The van der Waals surface area contributed by atoms with Gasteiger partial charge in [-0.3, -0.25) is 0 Å². The average Bonchev–Trinajstić information content (AvgIpc) is 2.38. The minimum absolute atomic E-state index is 0.0428. The second-order valence-electron chi connectivity index (χ2n) is 5.38. The molecule has 2 rings (SSSR count). The molecular weight excluding hydrogens is 296 g/mol. The fourth-order valence-electron chi connectivity index (χ4n) is 2.55. The van der Waals surface area contributed by atoms with Gasteiger partial charge in [-0.1, -0.05) is 17.7 Å². The molecule has 1 fully saturated rings. The van der Waals surface area contributed by atoms with Crippen LogP contribution in [0.1, 0.15) is 25.5 Å². The molecule has 0 radical (unpaired) electrons. The molecule has 1 saturated heterocycles. The smallest absolute Gasteiger partial charge is 0.154 e. The standard InChI is InChI=1S/C14H21ClN2O2S/c1-10-9-20(18,19)7-6-17(10)14-5-4-12(8-13(14)15)11(2)16-3/h4-5,8,10-11,16H,6-7,9H2,1-3H3. The molecule has 112 valence electrons. The van der Waals surface area contributed by atoms with Crippen molar-refractivity contribution in [1.82, 2.24) is 5.32 Å². The second kappa shape index (κ2) is 5.92. The van der Waals surface area contributed by atoms with E-state index in [1.807, 2.05) is 32.2 Å². The maximum Gasteiger partial charge on any atom is 0.154 e. The maximum absolute atomic E-state index is 11.6. The Balaban J connectivity index is 2.26. The number of anilines is 1. The van der Waals surface area contributed by atoms with Crippen LogP contribution in [0.5, 0.6) is 0 Å². The van der Waals surface area contributed by atoms with Gasteiger partial charge in [-0.05, 0) is 38.6 Å². The fraction of sp³-hybridized carbons (Fsp3) is 0.571. The molecule has 6 heteroatoms. The molecule has 1 heterocycles. The quantitative estimate of drug-likeness (QED) is 0.929. The Hall–Kier alpha value is -0.780. The van der Waals surface area contributed by atoms with E-state index in [0.717, 1.165) is 11.3 Å². The lowest BCUT2D eigenvalue weighted by atomic mass is 10.1. The molecule has 0 amide bonds. The molecule has 1 N–H and O–H groups in total. The van der Waals surface area contributed by atoms with E-state index in [2.05, 4.69) is 17.1 Å². The number of sulfone groups is 1. The number of benzene rings is 1. The normalized spacial score (nSPS) is 23.6. The third-order valence-electron chi connectivity index (χ3n) is 3.88. The van der Waals surface area contributed by atoms with Gasteiger partial charge in [-0.25, -0.2) is 8.42 Å². The van der Waals surface area contributed by atoms with Crippen LogP contribution in [0.25, 0.3) is 0 Å². The SMILES string of the molecule is CNC(C)c1ccc(N2CCS(=O)(=O)CC2C)c(Cl)c1. The van der Waals surface area contributed by atoms with Gasteiger partial charge in [-0.15, -0.1) is 0 Å². The topological polar surface area (TPSA) is 49.4 Å². The van der Waals surface area contributed by atoms with Crippen molar-refractivity contribution in [2.45, 2.75) is 25.9 Å². The molecule has 20 heavy (non-hydrogen) atoms. The number of nitrogens with zero attached hydrogens (tertiary/aromatic N) is 1. The highest BCUT2D eigenvalue weighted by Crippen LogP contribution is 2.31. The Kier molecular flexibility index (Phi) is 4.62. The number of hydrogen-bond donors (Lipinski definition) is 1. The number of rotatable bonds is 3. The van der Waals surface area contributed by atoms with E-state index in [-0.39, 0.29) is 23.6 Å². The first-order chi connectivity index (χ1) is 9.34. The van der Waals surface area contributed by atoms with Gasteiger partial charge in [-0.2, -0.15) is 0 Å². The van der Waals surface area contributed by atoms with Crippen molar-refractivity contribution >= 4 is 27.1 Å². The molecule has 0 aromatic heterocycles. The summed E-state index contributed by atoms with van der Waals surface area (Å²) >= 11 is 6.38. The van der Waals surface area contributed by atoms with E-state index >= 15 is 0 Å². The van der Waals surface area contributed by atoms with Crippen LogP contribution in [0.15, 0.2) is 18.2 Å². The van der Waals surface area contributed by atoms with E-state index in [0.29, 0.717) is 11.6 Å². The lowest BCUT2D eigenvalue weighted by Gasteiger charge is -2.35. The van der Waals surface area contributed by atoms with Crippen molar-refractivity contribution in [2.75, 3.05) is 30.0 Å². The van der Waals surface area contributed by atoms with Crippen molar-refractivity contribution in [3.05, 3.63) is 28.8 Å². The van der Waals surface area contributed by atoms with Gasteiger partial charge in [0.05, 0.1) is 22.2 Å². The van der Waals surface area contributed by atoms with E-state index in [4.69, 9.17) is 11.6 Å². The van der Waals surface area contributed by atoms with Gasteiger partial charge >= 0.3 is 0 Å². The van der Waals surface area contributed by atoms with Gasteiger partial charge < -0.3 is 10.2 Å². The number of nitrogens with one attached hydrogen (secondary N) is 1. The summed E-state index contributed by atoms with van der Waals surface area (Å²) in [6.07, 6.45) is 0. The molecule has 2 atom stereocenters. The van der Waals surface area contributed by atoms with Crippen LogP contribution in [-0.2, 0) is 9.84 Å². The Morgan fingerprint density at radius 3 is 2.70 bits per heavy atom. The van der Waals surface area contributed by atoms with Crippen LogP contribution < -0.4 is 10.2 Å². The first kappa shape index (κ1) is 15.6. The molecule has 0 saturated carbocycles. The van der Waals surface area contributed by atoms with Crippen LogP contribution in [-0.4, -0.2) is 39.6 Å². The molecule has 1 aromatic carbocycles. The number of hydrogen-bond acceptors (Lipinski definition) is 4. The van der Waals surface area contributed by atoms with Crippen molar-refractivity contribution in [3.8, 4) is 0 Å². The van der Waals surface area contributed by atoms with Gasteiger partial charge in [0.15, 0.2) is 9.84 Å². The Bertz CT molecular complexity index is 589. The predicted molar refractivity (Wildman–Crippen MR) is 84.4 cm³/mol. The first-order valence-electron chi connectivity index (χ1n) is 6.78. The van der Waals surface area contributed by atoms with Crippen LogP contribution >= 0.6 is 11.6 Å². The largest absolute Gasteiger partial charge is 0.366 e. The molecule has 1 aromatic rings. The zero-order valence-corrected chi connectivity index (χ0v) is 13.6. The van der Waals surface area contributed by atoms with Gasteiger partial charge in [0.2, 0.25) is 0 Å². The van der Waals surface area contributed by atoms with E-state index < -0.39 is 9.84 Å². The third-order valence-corrected chi connectivity index (χ3v) is 5.98. The first-order valence-corrected chi connectivity index (χ1v) is 8.98. The molecule has 4 nitrogen and oxygen atoms in total. The summed E-state index contributed by atoms with van der Waals surface area (Å²) in [5, 5.41) is 3.85. The minimum Gasteiger partial charge on any atom is -0.366 e. The summed E-state index contributed by atoms with van der Waals surface area (Å²) in [7, 11) is -0.999. The van der Waals surface area contributed by atoms with Gasteiger partial charge in [0.25, 0.3) is 0 Å². The monoisotopic (exact) mass is 316 g/mol. The summed E-state index contributed by atoms with van der Waals surface area (Å²) in [4.78, 5) is 2.08. The van der Waals surface area contributed by atoms with Crippen molar-refractivity contribution in [2.24, 2.45) is 0 Å². The van der Waals surface area contributed by atoms with Gasteiger partial charge in [0, 0.05) is 18.6 Å². The lowest BCUT2D eigenvalue weighted by molar-refractivity contribution is 0.568. The zero-order valence-electron chi connectivity index (χ0n) is 12.1. The zero-order chi connectivity index (χ0) is 14.9. The third kappa shape index (κ3) is 3.27. The highest BCUT2D eigenvalue weighted by atomic mass is 35.5. The number of halogens is 1. The Morgan fingerprint density at radius 2 is 2.15 bits per heavy atom. The van der Waals surface area contributed by atoms with E-state index in [1.165, 1.54) is 0 Å². The summed E-state index contributed by atoms with van der Waals surface area (Å²) in [5.74, 6) is 0.389. The highest BCUT2D eigenvalue weighted by Gasteiger charge is 2.29. The molecular formula is C14H21ClN2O2S. The van der Waals surface area contributed by atoms with Crippen molar-refractivity contribution in [3.63, 3.8) is 0 Å². The summed E-state index contributed by atoms with van der Waals surface area (Å²) < 4.78 is 23.3. The molecule has 0 spiro atoms. The Morgan fingerprint density at radius 1 is 1.45 bits per heavy atom. The molecule has 0 bridgehead atoms. The highest BCUT2D eigenvalue weighted by molar-refractivity contribution is 7.91. The van der Waals surface area contributed by atoms with Crippen LogP contribution in [0.2, 0.25) is 5.02 Å². The lowest BCUT2D eigenvalue weighted by Crippen LogP contribution is -2.47. The van der Waals surface area contributed by atoms with E-state index in [1.54, 1.807) is 0 Å². The second-order valence-corrected chi connectivity index (χ2v) is 8.01. The fourth-order valence-corrected chi connectivity index (χ4v) is 4.40. The van der Waals surface area contributed by atoms with Gasteiger partial charge in [0.1, 0.15) is 0 Å². The summed E-state index contributed by atoms with van der Waals surface area (Å²) in [6.45, 7) is 4.50. The predicted octanol–water partition coefficient (Wildman–Crippen LogP) is 2.24. The van der Waals surface area contributed by atoms with Crippen molar-refractivity contribution < 1.29 is 8.42 Å². The van der Waals surface area contributed by atoms with Crippen LogP contribution in [0, 0.1) is 0 Å². The van der Waals surface area contributed by atoms with Crippen molar-refractivity contribution in [1.29, 1.82) is 0 Å². The molecule has 1 aliphatic rings. The Labute approximate surface area is 126 Å².